The van der Waals surface area contributed by atoms with E-state index < -0.39 is 0 Å². The Bertz CT molecular complexity index is 769. The van der Waals surface area contributed by atoms with Gasteiger partial charge in [-0.05, 0) is 19.1 Å². The molecule has 3 heterocycles. The number of hydrogen-bond donors (Lipinski definition) is 0. The monoisotopic (exact) mass is 314 g/mol. The Kier molecular flexibility index (Phi) is 3.24. The zero-order valence-electron chi connectivity index (χ0n) is 13.0. The summed E-state index contributed by atoms with van der Waals surface area (Å²) in [6, 6.07) is 3.84. The fraction of sp³-hybridized carbons (Fsp3) is 0.533. The molecule has 2 aromatic heterocycles. The van der Waals surface area contributed by atoms with E-state index in [0.29, 0.717) is 25.9 Å². The van der Waals surface area contributed by atoms with E-state index in [1.165, 1.54) is 0 Å². The lowest BCUT2D eigenvalue weighted by atomic mass is 9.83. The van der Waals surface area contributed by atoms with Crippen molar-refractivity contribution in [2.45, 2.75) is 19.8 Å². The second-order valence-corrected chi connectivity index (χ2v) is 6.16. The van der Waals surface area contributed by atoms with E-state index in [2.05, 4.69) is 20.2 Å². The molecule has 8 nitrogen and oxygen atoms in total. The van der Waals surface area contributed by atoms with E-state index in [-0.39, 0.29) is 17.6 Å². The first-order chi connectivity index (χ1) is 11.1. The number of rotatable bonds is 2. The first kappa shape index (κ1) is 14.1. The number of fused-ring (bicyclic) bond motifs is 1. The molecule has 0 bridgehead atoms. The minimum absolute atomic E-state index is 0.0804. The van der Waals surface area contributed by atoms with Crippen LogP contribution in [0.5, 0.6) is 0 Å². The minimum Gasteiger partial charge on any atom is -0.352 e. The highest BCUT2D eigenvalue weighted by Crippen LogP contribution is 2.26. The van der Waals surface area contributed by atoms with Crippen LogP contribution in [-0.4, -0.2) is 62.6 Å². The van der Waals surface area contributed by atoms with Crippen LogP contribution in [0.25, 0.3) is 5.65 Å². The van der Waals surface area contributed by atoms with Gasteiger partial charge in [0, 0.05) is 39.0 Å². The van der Waals surface area contributed by atoms with Crippen molar-refractivity contribution >= 4 is 23.2 Å². The average Bonchev–Trinajstić information content (AvgIpc) is 2.92. The molecule has 2 aliphatic rings. The van der Waals surface area contributed by atoms with Crippen molar-refractivity contribution in [3.8, 4) is 0 Å². The number of aromatic nitrogens is 4. The number of nitrogens with zero attached hydrogens (tertiary/aromatic N) is 6. The summed E-state index contributed by atoms with van der Waals surface area (Å²) in [6.07, 6.45) is 0.842. The van der Waals surface area contributed by atoms with Gasteiger partial charge in [-0.1, -0.05) is 0 Å². The van der Waals surface area contributed by atoms with Gasteiger partial charge < -0.3 is 9.80 Å². The van der Waals surface area contributed by atoms with Crippen LogP contribution >= 0.6 is 0 Å². The third kappa shape index (κ3) is 2.43. The van der Waals surface area contributed by atoms with Gasteiger partial charge in [0.1, 0.15) is 11.6 Å². The van der Waals surface area contributed by atoms with Gasteiger partial charge in [-0.15, -0.1) is 15.3 Å². The van der Waals surface area contributed by atoms with Crippen molar-refractivity contribution in [1.82, 2.24) is 24.7 Å². The van der Waals surface area contributed by atoms with E-state index >= 15 is 0 Å². The van der Waals surface area contributed by atoms with E-state index in [1.807, 2.05) is 24.0 Å². The van der Waals surface area contributed by atoms with E-state index in [9.17, 15) is 9.59 Å². The Morgan fingerprint density at radius 3 is 2.57 bits per heavy atom. The van der Waals surface area contributed by atoms with Crippen LogP contribution in [0.2, 0.25) is 0 Å². The molecule has 1 saturated carbocycles. The molecule has 1 aliphatic heterocycles. The van der Waals surface area contributed by atoms with Crippen LogP contribution in [0.1, 0.15) is 18.7 Å². The van der Waals surface area contributed by atoms with Crippen molar-refractivity contribution < 1.29 is 9.59 Å². The molecule has 1 aliphatic carbocycles. The minimum atomic E-state index is -0.0804. The smallest absolute Gasteiger partial charge is 0.226 e. The third-order valence-corrected chi connectivity index (χ3v) is 4.62. The number of piperazine rings is 1. The Morgan fingerprint density at radius 2 is 1.87 bits per heavy atom. The summed E-state index contributed by atoms with van der Waals surface area (Å²) in [6.45, 7) is 4.69. The highest BCUT2D eigenvalue weighted by Gasteiger charge is 2.36. The van der Waals surface area contributed by atoms with Crippen LogP contribution in [0.15, 0.2) is 12.1 Å². The molecule has 0 atom stereocenters. The highest BCUT2D eigenvalue weighted by molar-refractivity contribution is 5.96. The number of carbonyl (C=O) groups is 2. The Labute approximate surface area is 133 Å². The zero-order valence-corrected chi connectivity index (χ0v) is 13.0. The molecule has 4 rings (SSSR count). The molecule has 1 saturated heterocycles. The van der Waals surface area contributed by atoms with Gasteiger partial charge in [0.15, 0.2) is 11.5 Å². The van der Waals surface area contributed by atoms with E-state index in [0.717, 1.165) is 30.4 Å². The lowest BCUT2D eigenvalue weighted by Gasteiger charge is -2.38. The van der Waals surface area contributed by atoms with Gasteiger partial charge in [0.05, 0.1) is 5.92 Å². The molecular formula is C15H18N6O2. The van der Waals surface area contributed by atoms with Gasteiger partial charge in [-0.25, -0.2) is 0 Å². The highest BCUT2D eigenvalue weighted by atomic mass is 16.2. The molecule has 0 unspecified atom stereocenters. The normalized spacial score (nSPS) is 19.3. The summed E-state index contributed by atoms with van der Waals surface area (Å²) in [5.74, 6) is 1.87. The quantitative estimate of drug-likeness (QED) is 0.779. The molecule has 2 aromatic rings. The molecule has 1 amide bonds. The first-order valence-electron chi connectivity index (χ1n) is 7.86. The molecule has 120 valence electrons. The fourth-order valence-electron chi connectivity index (χ4n) is 3.13. The molecule has 23 heavy (non-hydrogen) atoms. The molecule has 0 N–H and O–H groups in total. The summed E-state index contributed by atoms with van der Waals surface area (Å²) in [7, 11) is 0. The number of Topliss-reactive ketones (excluding diaryl/α,β-unsaturated/α-hetero) is 1. The zero-order chi connectivity index (χ0) is 16.0. The van der Waals surface area contributed by atoms with Crippen LogP contribution < -0.4 is 4.90 Å². The summed E-state index contributed by atoms with van der Waals surface area (Å²) >= 11 is 0. The largest absolute Gasteiger partial charge is 0.352 e. The third-order valence-electron chi connectivity index (χ3n) is 4.62. The standard InChI is InChI=1S/C15H18N6O2/c1-10-16-17-13-2-3-14(18-21(10)13)19-4-6-20(7-5-19)15(23)11-8-12(22)9-11/h2-3,11H,4-9H2,1H3. The number of carbonyl (C=O) groups excluding carboxylic acids is 2. The molecule has 0 radical (unpaired) electrons. The van der Waals surface area contributed by atoms with Gasteiger partial charge in [-0.3, -0.25) is 9.59 Å². The van der Waals surface area contributed by atoms with Gasteiger partial charge in [-0.2, -0.15) is 4.52 Å². The Hall–Kier alpha value is -2.51. The van der Waals surface area contributed by atoms with Crippen molar-refractivity contribution in [3.63, 3.8) is 0 Å². The SMILES string of the molecule is Cc1nnc2ccc(N3CCN(C(=O)C4CC(=O)C4)CC3)nn12. The lowest BCUT2D eigenvalue weighted by molar-refractivity contribution is -0.145. The predicted octanol–water partition coefficient (Wildman–Crippen LogP) is 0.0604. The van der Waals surface area contributed by atoms with Gasteiger partial charge in [0.2, 0.25) is 5.91 Å². The van der Waals surface area contributed by atoms with Gasteiger partial charge >= 0.3 is 0 Å². The topological polar surface area (TPSA) is 83.7 Å². The summed E-state index contributed by atoms with van der Waals surface area (Å²) in [4.78, 5) is 27.4. The lowest BCUT2D eigenvalue weighted by Crippen LogP contribution is -2.52. The summed E-state index contributed by atoms with van der Waals surface area (Å²) in [5, 5.41) is 12.6. The van der Waals surface area contributed by atoms with E-state index in [4.69, 9.17) is 0 Å². The molecule has 0 spiro atoms. The summed E-state index contributed by atoms with van der Waals surface area (Å²) < 4.78 is 1.73. The van der Waals surface area contributed by atoms with Crippen molar-refractivity contribution in [2.75, 3.05) is 31.1 Å². The number of anilines is 1. The maximum Gasteiger partial charge on any atom is 0.226 e. The molecular weight excluding hydrogens is 296 g/mol. The first-order valence-corrected chi connectivity index (χ1v) is 7.86. The Morgan fingerprint density at radius 1 is 1.13 bits per heavy atom. The summed E-state index contributed by atoms with van der Waals surface area (Å²) in [5.41, 5.74) is 0.731. The van der Waals surface area contributed by atoms with Crippen LogP contribution in [0.4, 0.5) is 5.82 Å². The number of aryl methyl sites for hydroxylation is 1. The van der Waals surface area contributed by atoms with Crippen molar-refractivity contribution in [2.24, 2.45) is 5.92 Å². The van der Waals surface area contributed by atoms with Crippen molar-refractivity contribution in [3.05, 3.63) is 18.0 Å². The second-order valence-electron chi connectivity index (χ2n) is 6.16. The molecule has 8 heteroatoms. The van der Waals surface area contributed by atoms with Crippen LogP contribution in [0, 0.1) is 12.8 Å². The molecule has 2 fully saturated rings. The number of amides is 1. The van der Waals surface area contributed by atoms with Gasteiger partial charge in [0.25, 0.3) is 0 Å². The van der Waals surface area contributed by atoms with E-state index in [1.54, 1.807) is 4.52 Å². The maximum atomic E-state index is 12.3. The van der Waals surface area contributed by atoms with Crippen molar-refractivity contribution in [1.29, 1.82) is 0 Å². The second kappa shape index (κ2) is 5.29. The number of hydrogen-bond acceptors (Lipinski definition) is 6. The maximum absolute atomic E-state index is 12.3. The molecule has 0 aromatic carbocycles. The predicted molar refractivity (Wildman–Crippen MR) is 82.0 cm³/mol. The number of ketones is 1. The fourth-order valence-corrected chi connectivity index (χ4v) is 3.13. The van der Waals surface area contributed by atoms with Crippen LogP contribution in [0.3, 0.4) is 0 Å². The Balaban J connectivity index is 1.43. The van der Waals surface area contributed by atoms with Crippen LogP contribution in [-0.2, 0) is 9.59 Å². The average molecular weight is 314 g/mol.